The van der Waals surface area contributed by atoms with E-state index in [0.29, 0.717) is 11.4 Å². The molecular formula is C17H20ClF3N2O2. The summed E-state index contributed by atoms with van der Waals surface area (Å²) in [6.07, 6.45) is -5.00. The van der Waals surface area contributed by atoms with E-state index in [9.17, 15) is 23.1 Å². The molecule has 1 aromatic carbocycles. The van der Waals surface area contributed by atoms with Crippen LogP contribution >= 0.6 is 11.6 Å². The normalized spacial score (nSPS) is 27.5. The predicted molar refractivity (Wildman–Crippen MR) is 87.4 cm³/mol. The lowest BCUT2D eigenvalue weighted by molar-refractivity contribution is -0.190. The second kappa shape index (κ2) is 6.45. The number of halogens is 4. The van der Waals surface area contributed by atoms with Gasteiger partial charge in [-0.2, -0.15) is 13.2 Å². The molecule has 1 aliphatic heterocycles. The first kappa shape index (κ1) is 18.5. The van der Waals surface area contributed by atoms with Crippen molar-refractivity contribution in [3.63, 3.8) is 0 Å². The van der Waals surface area contributed by atoms with E-state index >= 15 is 0 Å². The summed E-state index contributed by atoms with van der Waals surface area (Å²) in [6, 6.07) is 2.78. The second-order valence-electron chi connectivity index (χ2n) is 6.85. The maximum absolute atomic E-state index is 12.7. The first-order chi connectivity index (χ1) is 11.6. The van der Waals surface area contributed by atoms with E-state index in [2.05, 4.69) is 0 Å². The largest absolute Gasteiger partial charge is 0.471 e. The molecule has 1 fully saturated rings. The Bertz CT molecular complexity index is 695. The number of fused-ring (bicyclic) bond motifs is 1. The Labute approximate surface area is 149 Å². The number of carbonyl (C=O) groups is 1. The number of piperazine rings is 1. The van der Waals surface area contributed by atoms with Gasteiger partial charge in [-0.1, -0.05) is 11.6 Å². The molecule has 0 spiro atoms. The van der Waals surface area contributed by atoms with Crippen LogP contribution in [0.1, 0.15) is 29.7 Å². The molecule has 4 nitrogen and oxygen atoms in total. The number of amides is 1. The summed E-state index contributed by atoms with van der Waals surface area (Å²) in [5.41, 5.74) is 2.98. The van der Waals surface area contributed by atoms with Gasteiger partial charge in [-0.3, -0.25) is 9.69 Å². The van der Waals surface area contributed by atoms with Crippen LogP contribution in [0.4, 0.5) is 13.2 Å². The van der Waals surface area contributed by atoms with Gasteiger partial charge in [-0.25, -0.2) is 0 Å². The Morgan fingerprint density at radius 2 is 2.00 bits per heavy atom. The molecule has 1 amide bonds. The van der Waals surface area contributed by atoms with E-state index in [1.54, 1.807) is 6.92 Å². The highest BCUT2D eigenvalue weighted by molar-refractivity contribution is 6.30. The standard InChI is InChI=1S/C17H20ClF3N2O2/c1-9-5-11(18)6-13-12(9)7-14(24)15(13)22-3-4-23(10(2)8-22)16(25)17(19,20)21/h5-6,10,14-15,24H,3-4,7-8H2,1-2H3/t10-,14-,15-/m1/s1. The number of carbonyl (C=O) groups excluding carboxylic acids is 1. The van der Waals surface area contributed by atoms with E-state index < -0.39 is 24.2 Å². The van der Waals surface area contributed by atoms with Gasteiger partial charge < -0.3 is 10.0 Å². The highest BCUT2D eigenvalue weighted by atomic mass is 35.5. The van der Waals surface area contributed by atoms with Crippen LogP contribution in [0.15, 0.2) is 12.1 Å². The van der Waals surface area contributed by atoms with Crippen molar-refractivity contribution in [3.05, 3.63) is 33.8 Å². The maximum atomic E-state index is 12.7. The topological polar surface area (TPSA) is 43.8 Å². The molecule has 3 atom stereocenters. The fraction of sp³-hybridized carbons (Fsp3) is 0.588. The van der Waals surface area contributed by atoms with E-state index in [-0.39, 0.29) is 25.7 Å². The Kier molecular flexibility index (Phi) is 4.77. The summed E-state index contributed by atoms with van der Waals surface area (Å²) >= 11 is 6.15. The van der Waals surface area contributed by atoms with Crippen molar-refractivity contribution in [3.8, 4) is 0 Å². The average molecular weight is 377 g/mol. The molecule has 0 unspecified atom stereocenters. The number of aryl methyl sites for hydroxylation is 1. The number of aliphatic hydroxyl groups is 1. The summed E-state index contributed by atoms with van der Waals surface area (Å²) in [4.78, 5) is 14.3. The molecule has 1 N–H and O–H groups in total. The fourth-order valence-electron chi connectivity index (χ4n) is 4.01. The minimum Gasteiger partial charge on any atom is -0.391 e. The molecule has 0 aromatic heterocycles. The first-order valence-corrected chi connectivity index (χ1v) is 8.56. The third-order valence-corrected chi connectivity index (χ3v) is 5.34. The Hall–Kier alpha value is -1.31. The summed E-state index contributed by atoms with van der Waals surface area (Å²) in [5.74, 6) is -1.80. The number of rotatable bonds is 1. The number of hydrogen-bond donors (Lipinski definition) is 1. The van der Waals surface area contributed by atoms with Crippen LogP contribution in [0, 0.1) is 6.92 Å². The van der Waals surface area contributed by atoms with Gasteiger partial charge in [0.05, 0.1) is 12.1 Å². The number of alkyl halides is 3. The highest BCUT2D eigenvalue weighted by Gasteiger charge is 2.46. The van der Waals surface area contributed by atoms with Crippen LogP contribution in [0.25, 0.3) is 0 Å². The van der Waals surface area contributed by atoms with Gasteiger partial charge in [0.1, 0.15) is 0 Å². The molecule has 0 bridgehead atoms. The molecule has 1 heterocycles. The van der Waals surface area contributed by atoms with Crippen LogP contribution in [-0.2, 0) is 11.2 Å². The predicted octanol–water partition coefficient (Wildman–Crippen LogP) is 2.70. The van der Waals surface area contributed by atoms with Crippen LogP contribution in [0.3, 0.4) is 0 Å². The van der Waals surface area contributed by atoms with E-state index in [1.807, 2.05) is 24.0 Å². The maximum Gasteiger partial charge on any atom is 0.471 e. The number of nitrogens with zero attached hydrogens (tertiary/aromatic N) is 2. The van der Waals surface area contributed by atoms with E-state index in [0.717, 1.165) is 21.6 Å². The zero-order valence-electron chi connectivity index (χ0n) is 14.0. The molecule has 1 aliphatic carbocycles. The minimum atomic E-state index is -4.86. The van der Waals surface area contributed by atoms with Crippen molar-refractivity contribution < 1.29 is 23.1 Å². The van der Waals surface area contributed by atoms with E-state index in [4.69, 9.17) is 11.6 Å². The molecule has 0 radical (unpaired) electrons. The fourth-order valence-corrected chi connectivity index (χ4v) is 4.29. The van der Waals surface area contributed by atoms with Gasteiger partial charge in [0.15, 0.2) is 0 Å². The van der Waals surface area contributed by atoms with E-state index in [1.165, 1.54) is 0 Å². The van der Waals surface area contributed by atoms with Crippen molar-refractivity contribution in [1.29, 1.82) is 0 Å². The van der Waals surface area contributed by atoms with Crippen LogP contribution in [0.2, 0.25) is 5.02 Å². The average Bonchev–Trinajstić information content (AvgIpc) is 2.82. The quantitative estimate of drug-likeness (QED) is 0.819. The second-order valence-corrected chi connectivity index (χ2v) is 7.28. The van der Waals surface area contributed by atoms with Gasteiger partial charge >= 0.3 is 12.1 Å². The molecule has 0 saturated carbocycles. The number of benzene rings is 1. The molecular weight excluding hydrogens is 357 g/mol. The SMILES string of the molecule is Cc1cc(Cl)cc2c1C[C@@H](O)[C@@H]2N1CCN(C(=O)C(F)(F)F)[C@H](C)C1. The third kappa shape index (κ3) is 3.37. The van der Waals surface area contributed by atoms with Gasteiger partial charge in [0.2, 0.25) is 0 Å². The van der Waals surface area contributed by atoms with Crippen LogP contribution in [0.5, 0.6) is 0 Å². The lowest BCUT2D eigenvalue weighted by atomic mass is 10.0. The van der Waals surface area contributed by atoms with Crippen molar-refractivity contribution in [2.45, 2.75) is 44.6 Å². The van der Waals surface area contributed by atoms with Gasteiger partial charge in [0, 0.05) is 37.1 Å². The zero-order valence-corrected chi connectivity index (χ0v) is 14.7. The molecule has 3 rings (SSSR count). The molecule has 8 heteroatoms. The van der Waals surface area contributed by atoms with Gasteiger partial charge in [0.25, 0.3) is 0 Å². The number of hydrogen-bond acceptors (Lipinski definition) is 3. The van der Waals surface area contributed by atoms with Gasteiger partial charge in [-0.15, -0.1) is 0 Å². The summed E-state index contributed by atoms with van der Waals surface area (Å²) in [6.45, 7) is 4.06. The molecule has 1 saturated heterocycles. The Morgan fingerprint density at radius 1 is 1.32 bits per heavy atom. The third-order valence-electron chi connectivity index (χ3n) is 5.12. The monoisotopic (exact) mass is 376 g/mol. The number of aliphatic hydroxyl groups excluding tert-OH is 1. The van der Waals surface area contributed by atoms with Crippen molar-refractivity contribution in [1.82, 2.24) is 9.80 Å². The lowest BCUT2D eigenvalue weighted by Crippen LogP contribution is -2.58. The van der Waals surface area contributed by atoms with Crippen LogP contribution < -0.4 is 0 Å². The van der Waals surface area contributed by atoms with Gasteiger partial charge in [-0.05, 0) is 42.7 Å². The molecule has 138 valence electrons. The lowest BCUT2D eigenvalue weighted by Gasteiger charge is -2.43. The van der Waals surface area contributed by atoms with Crippen molar-refractivity contribution in [2.75, 3.05) is 19.6 Å². The summed E-state index contributed by atoms with van der Waals surface area (Å²) in [5, 5.41) is 11.1. The van der Waals surface area contributed by atoms with Crippen molar-refractivity contribution in [2.24, 2.45) is 0 Å². The van der Waals surface area contributed by atoms with Crippen LogP contribution in [-0.4, -0.2) is 58.8 Å². The molecule has 1 aromatic rings. The molecule has 25 heavy (non-hydrogen) atoms. The Morgan fingerprint density at radius 3 is 2.60 bits per heavy atom. The molecule has 2 aliphatic rings. The first-order valence-electron chi connectivity index (χ1n) is 8.18. The highest BCUT2D eigenvalue weighted by Crippen LogP contribution is 2.40. The summed E-state index contributed by atoms with van der Waals surface area (Å²) in [7, 11) is 0. The zero-order chi connectivity index (χ0) is 18.5. The summed E-state index contributed by atoms with van der Waals surface area (Å²) < 4.78 is 38.1. The smallest absolute Gasteiger partial charge is 0.391 e. The van der Waals surface area contributed by atoms with Crippen molar-refractivity contribution >= 4 is 17.5 Å². The minimum absolute atomic E-state index is 0.0163. The Balaban J connectivity index is 1.81.